The van der Waals surface area contributed by atoms with Gasteiger partial charge in [-0.3, -0.25) is 4.79 Å². The van der Waals surface area contributed by atoms with Gasteiger partial charge in [0.05, 0.1) is 19.4 Å². The fraction of sp³-hybridized carbons (Fsp3) is 0.316. The van der Waals surface area contributed by atoms with E-state index >= 15 is 0 Å². The molecule has 3 N–H and O–H groups in total. The van der Waals surface area contributed by atoms with Gasteiger partial charge < -0.3 is 20.5 Å². The van der Waals surface area contributed by atoms with Gasteiger partial charge in [0.2, 0.25) is 5.91 Å². The second-order valence-electron chi connectivity index (χ2n) is 5.70. The minimum atomic E-state index is -0.0664. The highest BCUT2D eigenvalue weighted by Crippen LogP contribution is 2.24. The summed E-state index contributed by atoms with van der Waals surface area (Å²) in [7, 11) is 1.56. The number of hydrogen-bond acceptors (Lipinski definition) is 4. The van der Waals surface area contributed by atoms with Crippen LogP contribution in [-0.2, 0) is 4.79 Å². The molecule has 0 radical (unpaired) electrons. The zero-order valence-electron chi connectivity index (χ0n) is 14.4. The maximum Gasteiger partial charge on any atom is 0.224 e. The summed E-state index contributed by atoms with van der Waals surface area (Å²) in [4.78, 5) is 11.9. The predicted octanol–water partition coefficient (Wildman–Crippen LogP) is 3.69. The van der Waals surface area contributed by atoms with Crippen molar-refractivity contribution in [2.45, 2.75) is 26.7 Å². The fourth-order valence-electron chi connectivity index (χ4n) is 2.26. The maximum absolute atomic E-state index is 11.9. The van der Waals surface area contributed by atoms with Crippen LogP contribution in [0.15, 0.2) is 36.4 Å². The molecule has 24 heavy (non-hydrogen) atoms. The molecule has 0 aliphatic rings. The largest absolute Gasteiger partial charge is 0.495 e. The lowest BCUT2D eigenvalue weighted by Crippen LogP contribution is -2.13. The Balaban J connectivity index is 1.75. The predicted molar refractivity (Wildman–Crippen MR) is 96.7 cm³/mol. The molecule has 1 amide bonds. The van der Waals surface area contributed by atoms with E-state index in [1.807, 2.05) is 18.2 Å². The first-order chi connectivity index (χ1) is 11.5. The molecule has 0 bridgehead atoms. The summed E-state index contributed by atoms with van der Waals surface area (Å²) < 4.78 is 10.8. The van der Waals surface area contributed by atoms with Crippen LogP contribution in [0.4, 0.5) is 11.4 Å². The Morgan fingerprint density at radius 3 is 2.58 bits per heavy atom. The zero-order chi connectivity index (χ0) is 17.5. The Labute approximate surface area is 142 Å². The second kappa shape index (κ2) is 8.24. The molecule has 0 aliphatic carbocycles. The van der Waals surface area contributed by atoms with E-state index in [9.17, 15) is 4.79 Å². The van der Waals surface area contributed by atoms with Crippen molar-refractivity contribution in [2.75, 3.05) is 24.8 Å². The van der Waals surface area contributed by atoms with E-state index in [1.54, 1.807) is 25.3 Å². The molecule has 0 saturated heterocycles. The third-order valence-corrected chi connectivity index (χ3v) is 3.81. The van der Waals surface area contributed by atoms with Crippen LogP contribution in [-0.4, -0.2) is 19.6 Å². The number of anilines is 2. The van der Waals surface area contributed by atoms with E-state index in [0.29, 0.717) is 36.6 Å². The Bertz CT molecular complexity index is 714. The SMILES string of the molecule is COc1ccc(NC(=O)CCCOc2ccc(C)c(C)c2)cc1N. The van der Waals surface area contributed by atoms with Gasteiger partial charge >= 0.3 is 0 Å². The zero-order valence-corrected chi connectivity index (χ0v) is 14.4. The van der Waals surface area contributed by atoms with Gasteiger partial charge in [-0.25, -0.2) is 0 Å². The number of rotatable bonds is 7. The van der Waals surface area contributed by atoms with Crippen LogP contribution < -0.4 is 20.5 Å². The minimum Gasteiger partial charge on any atom is -0.495 e. The van der Waals surface area contributed by atoms with Gasteiger partial charge in [-0.1, -0.05) is 6.07 Å². The number of aryl methyl sites for hydroxylation is 2. The van der Waals surface area contributed by atoms with Crippen LogP contribution in [0.2, 0.25) is 0 Å². The summed E-state index contributed by atoms with van der Waals surface area (Å²) in [6.45, 7) is 4.62. The van der Waals surface area contributed by atoms with Gasteiger partial charge in [0.1, 0.15) is 11.5 Å². The molecular formula is C19H24N2O3. The molecule has 0 heterocycles. The van der Waals surface area contributed by atoms with Gasteiger partial charge in [-0.15, -0.1) is 0 Å². The Morgan fingerprint density at radius 2 is 1.92 bits per heavy atom. The van der Waals surface area contributed by atoms with E-state index < -0.39 is 0 Å². The lowest BCUT2D eigenvalue weighted by atomic mass is 10.1. The van der Waals surface area contributed by atoms with Crippen LogP contribution in [0, 0.1) is 13.8 Å². The lowest BCUT2D eigenvalue weighted by molar-refractivity contribution is -0.116. The molecule has 128 valence electrons. The van der Waals surface area contributed by atoms with Crippen LogP contribution in [0.5, 0.6) is 11.5 Å². The van der Waals surface area contributed by atoms with E-state index in [1.165, 1.54) is 11.1 Å². The van der Waals surface area contributed by atoms with Gasteiger partial charge in [-0.05, 0) is 61.7 Å². The van der Waals surface area contributed by atoms with Crippen molar-refractivity contribution in [3.05, 3.63) is 47.5 Å². The maximum atomic E-state index is 11.9. The lowest BCUT2D eigenvalue weighted by Gasteiger charge is -2.10. The first-order valence-corrected chi connectivity index (χ1v) is 7.93. The summed E-state index contributed by atoms with van der Waals surface area (Å²) in [5.74, 6) is 1.36. The molecule has 5 heteroatoms. The van der Waals surface area contributed by atoms with Crippen molar-refractivity contribution >= 4 is 17.3 Å². The molecule has 0 spiro atoms. The Kier molecular flexibility index (Phi) is 6.07. The molecule has 0 fully saturated rings. The molecule has 2 aromatic carbocycles. The van der Waals surface area contributed by atoms with Gasteiger partial charge in [0.15, 0.2) is 0 Å². The number of nitrogens with two attached hydrogens (primary N) is 1. The first kappa shape index (κ1) is 17.7. The molecule has 0 unspecified atom stereocenters. The quantitative estimate of drug-likeness (QED) is 0.600. The Morgan fingerprint density at radius 1 is 1.12 bits per heavy atom. The second-order valence-corrected chi connectivity index (χ2v) is 5.70. The summed E-state index contributed by atoms with van der Waals surface area (Å²) in [6.07, 6.45) is 1.03. The summed E-state index contributed by atoms with van der Waals surface area (Å²) in [6, 6.07) is 11.2. The highest BCUT2D eigenvalue weighted by atomic mass is 16.5. The van der Waals surface area contributed by atoms with Crippen molar-refractivity contribution in [1.82, 2.24) is 0 Å². The third kappa shape index (κ3) is 4.91. The van der Waals surface area contributed by atoms with Crippen LogP contribution in [0.1, 0.15) is 24.0 Å². The monoisotopic (exact) mass is 328 g/mol. The highest BCUT2D eigenvalue weighted by molar-refractivity contribution is 5.91. The standard InChI is InChI=1S/C19H24N2O3/c1-13-6-8-16(11-14(13)2)24-10-4-5-19(22)21-15-7-9-18(23-3)17(20)12-15/h6-9,11-12H,4-5,10,20H2,1-3H3,(H,21,22). The number of nitrogens with one attached hydrogen (secondary N) is 1. The summed E-state index contributed by atoms with van der Waals surface area (Å²) in [5, 5.41) is 2.82. The highest BCUT2D eigenvalue weighted by Gasteiger charge is 2.05. The van der Waals surface area contributed by atoms with E-state index in [4.69, 9.17) is 15.2 Å². The summed E-state index contributed by atoms with van der Waals surface area (Å²) in [5.41, 5.74) is 9.41. The molecule has 0 saturated carbocycles. The number of amides is 1. The molecule has 2 rings (SSSR count). The molecule has 2 aromatic rings. The Hall–Kier alpha value is -2.69. The van der Waals surface area contributed by atoms with E-state index in [2.05, 4.69) is 19.2 Å². The van der Waals surface area contributed by atoms with Gasteiger partial charge in [-0.2, -0.15) is 0 Å². The van der Waals surface area contributed by atoms with E-state index in [-0.39, 0.29) is 5.91 Å². The van der Waals surface area contributed by atoms with Crippen molar-refractivity contribution in [2.24, 2.45) is 0 Å². The average molecular weight is 328 g/mol. The topological polar surface area (TPSA) is 73.6 Å². The van der Waals surface area contributed by atoms with Crippen molar-refractivity contribution < 1.29 is 14.3 Å². The first-order valence-electron chi connectivity index (χ1n) is 7.93. The number of nitrogen functional groups attached to an aromatic ring is 1. The van der Waals surface area contributed by atoms with Gasteiger partial charge in [0.25, 0.3) is 0 Å². The van der Waals surface area contributed by atoms with Gasteiger partial charge in [0, 0.05) is 12.1 Å². The number of ether oxygens (including phenoxy) is 2. The molecule has 0 atom stereocenters. The smallest absolute Gasteiger partial charge is 0.224 e. The van der Waals surface area contributed by atoms with Crippen molar-refractivity contribution in [3.63, 3.8) is 0 Å². The number of carbonyl (C=O) groups is 1. The number of benzene rings is 2. The third-order valence-electron chi connectivity index (χ3n) is 3.81. The number of carbonyl (C=O) groups excluding carboxylic acids is 1. The van der Waals surface area contributed by atoms with Crippen LogP contribution in [0.25, 0.3) is 0 Å². The molecule has 0 aromatic heterocycles. The van der Waals surface area contributed by atoms with Crippen LogP contribution >= 0.6 is 0 Å². The molecule has 0 aliphatic heterocycles. The van der Waals surface area contributed by atoms with Crippen molar-refractivity contribution in [3.8, 4) is 11.5 Å². The number of methoxy groups -OCH3 is 1. The molecular weight excluding hydrogens is 304 g/mol. The molecule has 5 nitrogen and oxygen atoms in total. The fourth-order valence-corrected chi connectivity index (χ4v) is 2.26. The summed E-state index contributed by atoms with van der Waals surface area (Å²) >= 11 is 0. The van der Waals surface area contributed by atoms with E-state index in [0.717, 1.165) is 5.75 Å². The average Bonchev–Trinajstić information content (AvgIpc) is 2.55. The minimum absolute atomic E-state index is 0.0664. The number of hydrogen-bond donors (Lipinski definition) is 2. The normalized spacial score (nSPS) is 10.3. The van der Waals surface area contributed by atoms with Crippen molar-refractivity contribution in [1.29, 1.82) is 0 Å². The van der Waals surface area contributed by atoms with Crippen LogP contribution in [0.3, 0.4) is 0 Å².